The van der Waals surface area contributed by atoms with Crippen LogP contribution in [0.1, 0.15) is 19.8 Å². The summed E-state index contributed by atoms with van der Waals surface area (Å²) in [4.78, 5) is 0. The topological polar surface area (TPSA) is 21.3 Å². The molecule has 0 aliphatic carbocycles. The zero-order chi connectivity index (χ0) is 13.1. The zero-order valence-electron chi connectivity index (χ0n) is 10.2. The van der Waals surface area contributed by atoms with Gasteiger partial charge < -0.3 is 10.1 Å². The third-order valence-corrected chi connectivity index (χ3v) is 3.65. The van der Waals surface area contributed by atoms with Crippen molar-refractivity contribution in [2.45, 2.75) is 25.9 Å². The molecule has 18 heavy (non-hydrogen) atoms. The van der Waals surface area contributed by atoms with Crippen LogP contribution in [0.15, 0.2) is 12.1 Å². The molecule has 1 aliphatic heterocycles. The average Bonchev–Trinajstić information content (AvgIpc) is 2.88. The molecule has 100 valence electrons. The highest BCUT2D eigenvalue weighted by Gasteiger charge is 2.27. The summed E-state index contributed by atoms with van der Waals surface area (Å²) in [6.07, 6.45) is 1.57. The van der Waals surface area contributed by atoms with E-state index >= 15 is 0 Å². The summed E-state index contributed by atoms with van der Waals surface area (Å²) in [5.74, 6) is -1.14. The Bertz CT molecular complexity index is 422. The standard InChI is InChI=1S/C13H16ClF2NO/c1-2-11(8-5-6-17-7-8)18-13-10(16)4-3-9(15)12(13)14/h3-4,8,11,17H,2,5-7H2,1H3/t8?,11-/m1/s1. The van der Waals surface area contributed by atoms with Gasteiger partial charge in [0.25, 0.3) is 0 Å². The Morgan fingerprint density at radius 3 is 2.78 bits per heavy atom. The number of halogens is 3. The van der Waals surface area contributed by atoms with E-state index < -0.39 is 11.6 Å². The lowest BCUT2D eigenvalue weighted by Crippen LogP contribution is -2.28. The quantitative estimate of drug-likeness (QED) is 0.851. The summed E-state index contributed by atoms with van der Waals surface area (Å²) >= 11 is 5.75. The van der Waals surface area contributed by atoms with E-state index in [2.05, 4.69) is 5.32 Å². The lowest BCUT2D eigenvalue weighted by atomic mass is 9.99. The third-order valence-electron chi connectivity index (χ3n) is 3.30. The maximum Gasteiger partial charge on any atom is 0.176 e. The molecule has 0 amide bonds. The molecule has 1 aliphatic rings. The molecule has 1 saturated heterocycles. The molecule has 2 nitrogen and oxygen atoms in total. The Hall–Kier alpha value is -0.870. The number of ether oxygens (including phenoxy) is 1. The van der Waals surface area contributed by atoms with Gasteiger partial charge in [0, 0.05) is 12.5 Å². The van der Waals surface area contributed by atoms with Gasteiger partial charge in [0.1, 0.15) is 16.9 Å². The molecular formula is C13H16ClF2NO. The van der Waals surface area contributed by atoms with Crippen molar-refractivity contribution in [3.05, 3.63) is 28.8 Å². The van der Waals surface area contributed by atoms with E-state index in [4.69, 9.17) is 16.3 Å². The van der Waals surface area contributed by atoms with E-state index in [9.17, 15) is 8.78 Å². The third kappa shape index (κ3) is 2.75. The van der Waals surface area contributed by atoms with Crippen LogP contribution in [0.25, 0.3) is 0 Å². The monoisotopic (exact) mass is 275 g/mol. The van der Waals surface area contributed by atoms with E-state index in [0.717, 1.165) is 38.1 Å². The van der Waals surface area contributed by atoms with Crippen LogP contribution in [0.3, 0.4) is 0 Å². The molecule has 0 saturated carbocycles. The molecule has 0 bridgehead atoms. The second-order valence-corrected chi connectivity index (χ2v) is 4.87. The molecule has 1 unspecified atom stereocenters. The van der Waals surface area contributed by atoms with Crippen molar-refractivity contribution in [1.82, 2.24) is 5.32 Å². The highest BCUT2D eigenvalue weighted by atomic mass is 35.5. The fraction of sp³-hybridized carbons (Fsp3) is 0.538. The van der Waals surface area contributed by atoms with Gasteiger partial charge in [-0.15, -0.1) is 0 Å². The Kier molecular flexibility index (Phi) is 4.40. The Labute approximate surface area is 110 Å². The number of hydrogen-bond acceptors (Lipinski definition) is 2. The molecule has 2 atom stereocenters. The zero-order valence-corrected chi connectivity index (χ0v) is 10.9. The second-order valence-electron chi connectivity index (χ2n) is 4.49. The predicted octanol–water partition coefficient (Wildman–Crippen LogP) is 3.39. The van der Waals surface area contributed by atoms with Crippen LogP contribution in [-0.2, 0) is 0 Å². The predicted molar refractivity (Wildman–Crippen MR) is 67.1 cm³/mol. The summed E-state index contributed by atoms with van der Waals surface area (Å²) in [5, 5.41) is 2.95. The smallest absolute Gasteiger partial charge is 0.176 e. The molecule has 2 rings (SSSR count). The minimum Gasteiger partial charge on any atom is -0.485 e. The Morgan fingerprint density at radius 1 is 1.44 bits per heavy atom. The van der Waals surface area contributed by atoms with E-state index in [1.807, 2.05) is 6.92 Å². The first kappa shape index (κ1) is 13.6. The van der Waals surface area contributed by atoms with Gasteiger partial charge in [0.15, 0.2) is 11.6 Å². The van der Waals surface area contributed by atoms with Crippen LogP contribution in [0.5, 0.6) is 5.75 Å². The molecule has 0 aromatic heterocycles. The fourth-order valence-corrected chi connectivity index (χ4v) is 2.47. The van der Waals surface area contributed by atoms with Crippen molar-refractivity contribution >= 4 is 11.6 Å². The van der Waals surface area contributed by atoms with Crippen molar-refractivity contribution in [1.29, 1.82) is 0 Å². The molecule has 1 aromatic carbocycles. The highest BCUT2D eigenvalue weighted by Crippen LogP contribution is 2.33. The first-order valence-corrected chi connectivity index (χ1v) is 6.52. The van der Waals surface area contributed by atoms with Gasteiger partial charge in [0.2, 0.25) is 0 Å². The van der Waals surface area contributed by atoms with Gasteiger partial charge in [-0.3, -0.25) is 0 Å². The van der Waals surface area contributed by atoms with Gasteiger partial charge >= 0.3 is 0 Å². The van der Waals surface area contributed by atoms with E-state index in [1.54, 1.807) is 0 Å². The number of benzene rings is 1. The van der Waals surface area contributed by atoms with Crippen LogP contribution in [-0.4, -0.2) is 19.2 Å². The minimum absolute atomic E-state index is 0.145. The fourth-order valence-electron chi connectivity index (χ4n) is 2.28. The maximum absolute atomic E-state index is 13.6. The first-order chi connectivity index (χ1) is 8.63. The van der Waals surface area contributed by atoms with Crippen molar-refractivity contribution in [2.75, 3.05) is 13.1 Å². The van der Waals surface area contributed by atoms with E-state index in [-0.39, 0.29) is 16.9 Å². The van der Waals surface area contributed by atoms with Crippen molar-refractivity contribution < 1.29 is 13.5 Å². The summed E-state index contributed by atoms with van der Waals surface area (Å²) in [7, 11) is 0. The highest BCUT2D eigenvalue weighted by molar-refractivity contribution is 6.32. The van der Waals surface area contributed by atoms with Gasteiger partial charge in [-0.1, -0.05) is 18.5 Å². The summed E-state index contributed by atoms with van der Waals surface area (Å²) in [6, 6.07) is 2.04. The summed E-state index contributed by atoms with van der Waals surface area (Å²) < 4.78 is 32.5. The largest absolute Gasteiger partial charge is 0.485 e. The van der Waals surface area contributed by atoms with Crippen LogP contribution >= 0.6 is 11.6 Å². The molecule has 0 spiro atoms. The molecule has 5 heteroatoms. The van der Waals surface area contributed by atoms with Gasteiger partial charge in [-0.25, -0.2) is 8.78 Å². The van der Waals surface area contributed by atoms with Gasteiger partial charge in [0.05, 0.1) is 0 Å². The maximum atomic E-state index is 13.6. The normalized spacial score (nSPS) is 21.0. The van der Waals surface area contributed by atoms with Gasteiger partial charge in [-0.2, -0.15) is 0 Å². The van der Waals surface area contributed by atoms with Crippen molar-refractivity contribution in [2.24, 2.45) is 5.92 Å². The van der Waals surface area contributed by atoms with Crippen LogP contribution in [0.2, 0.25) is 5.02 Å². The van der Waals surface area contributed by atoms with E-state index in [0.29, 0.717) is 5.92 Å². The summed E-state index contributed by atoms with van der Waals surface area (Å²) in [6.45, 7) is 3.74. The first-order valence-electron chi connectivity index (χ1n) is 6.14. The SMILES string of the molecule is CC[C@@H](Oc1c(F)ccc(F)c1Cl)C1CCNC1. The lowest BCUT2D eigenvalue weighted by molar-refractivity contribution is 0.132. The molecule has 1 heterocycles. The van der Waals surface area contributed by atoms with Gasteiger partial charge in [-0.05, 0) is 31.5 Å². The summed E-state index contributed by atoms with van der Waals surface area (Å²) in [5.41, 5.74) is 0. The van der Waals surface area contributed by atoms with Crippen LogP contribution in [0, 0.1) is 17.6 Å². The molecule has 0 radical (unpaired) electrons. The Balaban J connectivity index is 2.18. The van der Waals surface area contributed by atoms with E-state index in [1.165, 1.54) is 0 Å². The van der Waals surface area contributed by atoms with Crippen molar-refractivity contribution in [3.8, 4) is 5.75 Å². The minimum atomic E-state index is -0.660. The molecule has 1 aromatic rings. The van der Waals surface area contributed by atoms with Crippen molar-refractivity contribution in [3.63, 3.8) is 0 Å². The lowest BCUT2D eigenvalue weighted by Gasteiger charge is -2.23. The molecule has 1 N–H and O–H groups in total. The molecule has 1 fully saturated rings. The average molecular weight is 276 g/mol. The van der Waals surface area contributed by atoms with Crippen LogP contribution in [0.4, 0.5) is 8.78 Å². The Morgan fingerprint density at radius 2 is 2.17 bits per heavy atom. The second kappa shape index (κ2) is 5.85. The number of nitrogens with one attached hydrogen (secondary N) is 1. The number of hydrogen-bond donors (Lipinski definition) is 1. The number of rotatable bonds is 4. The molecular weight excluding hydrogens is 260 g/mol. The van der Waals surface area contributed by atoms with Crippen LogP contribution < -0.4 is 10.1 Å².